The van der Waals surface area contributed by atoms with Gasteiger partial charge < -0.3 is 4.74 Å². The van der Waals surface area contributed by atoms with Crippen LogP contribution in [0.2, 0.25) is 0 Å². The summed E-state index contributed by atoms with van der Waals surface area (Å²) in [6.45, 7) is 5.41. The van der Waals surface area contributed by atoms with Crippen LogP contribution < -0.4 is 0 Å². The molecule has 2 saturated carbocycles. The molecule has 1 nitrogen and oxygen atoms in total. The van der Waals surface area contributed by atoms with Gasteiger partial charge in [-0.1, -0.05) is 6.92 Å². The van der Waals surface area contributed by atoms with Crippen molar-refractivity contribution in [3.05, 3.63) is 0 Å². The minimum absolute atomic E-state index is 0.609. The zero-order valence-electron chi connectivity index (χ0n) is 8.25. The quantitative estimate of drug-likeness (QED) is 0.616. The van der Waals surface area contributed by atoms with Crippen LogP contribution in [0.1, 0.15) is 39.5 Å². The fraction of sp³-hybridized carbons (Fsp3) is 1.00. The highest BCUT2D eigenvalue weighted by molar-refractivity contribution is 4.90. The third kappa shape index (κ3) is 1.52. The molecule has 0 N–H and O–H groups in total. The highest BCUT2D eigenvalue weighted by atomic mass is 16.5. The minimum atomic E-state index is 0.609. The summed E-state index contributed by atoms with van der Waals surface area (Å²) in [5.41, 5.74) is 0. The lowest BCUT2D eigenvalue weighted by Crippen LogP contribution is -2.09. The Balaban J connectivity index is 1.85. The van der Waals surface area contributed by atoms with Gasteiger partial charge in [0.1, 0.15) is 0 Å². The summed E-state index contributed by atoms with van der Waals surface area (Å²) in [4.78, 5) is 0. The van der Waals surface area contributed by atoms with Crippen LogP contribution in [0.15, 0.2) is 0 Å². The van der Waals surface area contributed by atoms with Crippen molar-refractivity contribution in [2.24, 2.45) is 17.8 Å². The molecule has 2 unspecified atom stereocenters. The summed E-state index contributed by atoms with van der Waals surface area (Å²) in [6, 6.07) is 0. The Morgan fingerprint density at radius 3 is 2.17 bits per heavy atom. The van der Waals surface area contributed by atoms with Crippen molar-refractivity contribution in [3.63, 3.8) is 0 Å². The second-order valence-corrected chi connectivity index (χ2v) is 4.65. The zero-order valence-corrected chi connectivity index (χ0v) is 8.25. The molecule has 0 aliphatic heterocycles. The molecule has 0 spiro atoms. The third-order valence-electron chi connectivity index (χ3n) is 3.61. The lowest BCUT2D eigenvalue weighted by atomic mass is 10.0. The van der Waals surface area contributed by atoms with Crippen LogP contribution in [0.3, 0.4) is 0 Å². The largest absolute Gasteiger partial charge is 0.378 e. The van der Waals surface area contributed by atoms with Gasteiger partial charge in [0.2, 0.25) is 0 Å². The average Bonchev–Trinajstić information content (AvgIpc) is 2.44. The van der Waals surface area contributed by atoms with Gasteiger partial charge in [-0.3, -0.25) is 0 Å². The zero-order chi connectivity index (χ0) is 8.55. The van der Waals surface area contributed by atoms with E-state index in [0.29, 0.717) is 6.10 Å². The summed E-state index contributed by atoms with van der Waals surface area (Å²) in [6.07, 6.45) is 6.24. The van der Waals surface area contributed by atoms with Crippen LogP contribution in [-0.2, 0) is 4.74 Å². The number of rotatable bonds is 2. The molecular formula is C11H20O. The highest BCUT2D eigenvalue weighted by Crippen LogP contribution is 2.47. The normalized spacial score (nSPS) is 46.5. The minimum Gasteiger partial charge on any atom is -0.378 e. The van der Waals surface area contributed by atoms with E-state index in [-0.39, 0.29) is 0 Å². The Morgan fingerprint density at radius 1 is 1.08 bits per heavy atom. The van der Waals surface area contributed by atoms with Crippen molar-refractivity contribution in [2.75, 3.05) is 6.61 Å². The molecule has 0 amide bonds. The Bertz CT molecular complexity index is 141. The van der Waals surface area contributed by atoms with E-state index in [1.807, 2.05) is 0 Å². The van der Waals surface area contributed by atoms with Gasteiger partial charge in [-0.25, -0.2) is 0 Å². The topological polar surface area (TPSA) is 9.23 Å². The maximum atomic E-state index is 5.67. The molecular weight excluding hydrogens is 148 g/mol. The van der Waals surface area contributed by atoms with Crippen LogP contribution in [0.4, 0.5) is 0 Å². The molecule has 0 saturated heterocycles. The molecule has 0 bridgehead atoms. The number of hydrogen-bond acceptors (Lipinski definition) is 1. The Hall–Kier alpha value is -0.0400. The third-order valence-corrected chi connectivity index (χ3v) is 3.61. The summed E-state index contributed by atoms with van der Waals surface area (Å²) in [7, 11) is 0. The van der Waals surface area contributed by atoms with Crippen molar-refractivity contribution < 1.29 is 4.74 Å². The molecule has 2 fully saturated rings. The number of ether oxygens (including phenoxy) is 1. The van der Waals surface area contributed by atoms with Crippen molar-refractivity contribution in [1.29, 1.82) is 0 Å². The first-order valence-corrected chi connectivity index (χ1v) is 5.41. The smallest absolute Gasteiger partial charge is 0.0580 e. The summed E-state index contributed by atoms with van der Waals surface area (Å²) < 4.78 is 5.67. The monoisotopic (exact) mass is 168 g/mol. The molecule has 0 radical (unpaired) electrons. The van der Waals surface area contributed by atoms with Gasteiger partial charge in [0, 0.05) is 6.61 Å². The standard InChI is InChI=1S/C11H20O/c1-3-12-11-6-9-4-8(2)5-10(9)7-11/h8-11H,3-7H2,1-2H3/t8-,9?,10?,11+. The molecule has 2 aliphatic rings. The maximum absolute atomic E-state index is 5.67. The molecule has 70 valence electrons. The van der Waals surface area contributed by atoms with E-state index >= 15 is 0 Å². The SMILES string of the molecule is CCO[C@H]1CC2C[C@@H](C)CC2C1. The van der Waals surface area contributed by atoms with Gasteiger partial charge in [0.15, 0.2) is 0 Å². The predicted molar refractivity (Wildman–Crippen MR) is 50.0 cm³/mol. The molecule has 0 aromatic carbocycles. The average molecular weight is 168 g/mol. The van der Waals surface area contributed by atoms with Crippen LogP contribution in [0, 0.1) is 17.8 Å². The van der Waals surface area contributed by atoms with Crippen molar-refractivity contribution in [2.45, 2.75) is 45.6 Å². The molecule has 2 atom stereocenters. The van der Waals surface area contributed by atoms with E-state index in [0.717, 1.165) is 24.4 Å². The number of hydrogen-bond donors (Lipinski definition) is 0. The number of fused-ring (bicyclic) bond motifs is 1. The van der Waals surface area contributed by atoms with E-state index in [4.69, 9.17) is 4.74 Å². The molecule has 2 aliphatic carbocycles. The Kier molecular flexibility index (Phi) is 2.40. The molecule has 12 heavy (non-hydrogen) atoms. The maximum Gasteiger partial charge on any atom is 0.0580 e. The van der Waals surface area contributed by atoms with Crippen molar-refractivity contribution >= 4 is 0 Å². The van der Waals surface area contributed by atoms with Gasteiger partial charge in [0.05, 0.1) is 6.10 Å². The first-order valence-electron chi connectivity index (χ1n) is 5.41. The van der Waals surface area contributed by atoms with Crippen molar-refractivity contribution in [3.8, 4) is 0 Å². The van der Waals surface area contributed by atoms with Gasteiger partial charge >= 0.3 is 0 Å². The van der Waals surface area contributed by atoms with Crippen LogP contribution >= 0.6 is 0 Å². The van der Waals surface area contributed by atoms with E-state index < -0.39 is 0 Å². The van der Waals surface area contributed by atoms with E-state index in [2.05, 4.69) is 13.8 Å². The Morgan fingerprint density at radius 2 is 1.67 bits per heavy atom. The molecule has 0 aromatic rings. The molecule has 2 rings (SSSR count). The first kappa shape index (κ1) is 8.55. The summed E-state index contributed by atoms with van der Waals surface area (Å²) >= 11 is 0. The lowest BCUT2D eigenvalue weighted by Gasteiger charge is -2.11. The second-order valence-electron chi connectivity index (χ2n) is 4.65. The van der Waals surface area contributed by atoms with E-state index in [1.54, 1.807) is 0 Å². The molecule has 0 aromatic heterocycles. The molecule has 1 heteroatoms. The second kappa shape index (κ2) is 3.37. The lowest BCUT2D eigenvalue weighted by molar-refractivity contribution is 0.0611. The van der Waals surface area contributed by atoms with E-state index in [9.17, 15) is 0 Å². The fourth-order valence-electron chi connectivity index (χ4n) is 3.24. The highest BCUT2D eigenvalue weighted by Gasteiger charge is 2.40. The summed E-state index contributed by atoms with van der Waals surface area (Å²) in [5, 5.41) is 0. The first-order chi connectivity index (χ1) is 5.79. The molecule has 0 heterocycles. The fourth-order valence-corrected chi connectivity index (χ4v) is 3.24. The van der Waals surface area contributed by atoms with Crippen LogP contribution in [-0.4, -0.2) is 12.7 Å². The van der Waals surface area contributed by atoms with Crippen LogP contribution in [0.5, 0.6) is 0 Å². The van der Waals surface area contributed by atoms with Gasteiger partial charge in [0.25, 0.3) is 0 Å². The predicted octanol–water partition coefficient (Wildman–Crippen LogP) is 2.85. The van der Waals surface area contributed by atoms with Gasteiger partial charge in [-0.15, -0.1) is 0 Å². The Labute approximate surface area is 75.5 Å². The van der Waals surface area contributed by atoms with E-state index in [1.165, 1.54) is 25.7 Å². The van der Waals surface area contributed by atoms with Gasteiger partial charge in [-0.05, 0) is 50.4 Å². The summed E-state index contributed by atoms with van der Waals surface area (Å²) in [5.74, 6) is 3.01. The van der Waals surface area contributed by atoms with Crippen molar-refractivity contribution in [1.82, 2.24) is 0 Å². The van der Waals surface area contributed by atoms with Gasteiger partial charge in [-0.2, -0.15) is 0 Å². The van der Waals surface area contributed by atoms with Crippen LogP contribution in [0.25, 0.3) is 0 Å².